The standard InChI is InChI=1S/C12H10BrClN2O2S/c1-16(6-7-3-2-4-8(13)5-7)12-15-10(14)9(19-12)11(17)18/h2-5H,6H2,1H3,(H,17,18). The molecule has 1 aromatic heterocycles. The molecule has 0 aliphatic heterocycles. The summed E-state index contributed by atoms with van der Waals surface area (Å²) >= 11 is 10.3. The number of thiazole rings is 1. The molecule has 0 bridgehead atoms. The summed E-state index contributed by atoms with van der Waals surface area (Å²) in [7, 11) is 1.85. The first-order valence-corrected chi connectivity index (χ1v) is 7.31. The molecule has 0 atom stereocenters. The van der Waals surface area contributed by atoms with Crippen molar-refractivity contribution in [3.8, 4) is 0 Å². The molecule has 2 rings (SSSR count). The molecule has 0 radical (unpaired) electrons. The highest BCUT2D eigenvalue weighted by molar-refractivity contribution is 9.10. The highest BCUT2D eigenvalue weighted by Gasteiger charge is 2.17. The van der Waals surface area contributed by atoms with Gasteiger partial charge in [0.2, 0.25) is 0 Å². The Morgan fingerprint density at radius 3 is 2.89 bits per heavy atom. The van der Waals surface area contributed by atoms with Gasteiger partial charge in [-0.2, -0.15) is 0 Å². The van der Waals surface area contributed by atoms with Crippen LogP contribution in [-0.2, 0) is 6.54 Å². The number of hydrogen-bond donors (Lipinski definition) is 1. The van der Waals surface area contributed by atoms with Crippen molar-refractivity contribution in [3.05, 3.63) is 44.3 Å². The molecule has 100 valence electrons. The summed E-state index contributed by atoms with van der Waals surface area (Å²) < 4.78 is 1.00. The molecule has 0 amide bonds. The molecule has 1 N–H and O–H groups in total. The Balaban J connectivity index is 2.18. The second-order valence-electron chi connectivity index (χ2n) is 3.91. The van der Waals surface area contributed by atoms with Gasteiger partial charge in [-0.05, 0) is 17.7 Å². The van der Waals surface area contributed by atoms with Gasteiger partial charge in [-0.1, -0.05) is 51.0 Å². The van der Waals surface area contributed by atoms with Crippen molar-refractivity contribution >= 4 is 50.0 Å². The Labute approximate surface area is 127 Å². The second kappa shape index (κ2) is 5.90. The van der Waals surface area contributed by atoms with E-state index in [1.54, 1.807) is 0 Å². The summed E-state index contributed by atoms with van der Waals surface area (Å²) in [6, 6.07) is 7.90. The fraction of sp³-hybridized carbons (Fsp3) is 0.167. The first-order valence-electron chi connectivity index (χ1n) is 5.32. The zero-order valence-corrected chi connectivity index (χ0v) is 13.1. The van der Waals surface area contributed by atoms with E-state index < -0.39 is 5.97 Å². The lowest BCUT2D eigenvalue weighted by Crippen LogP contribution is -2.15. The molecule has 19 heavy (non-hydrogen) atoms. The predicted octanol–water partition coefficient (Wildman–Crippen LogP) is 3.89. The largest absolute Gasteiger partial charge is 0.477 e. The minimum atomic E-state index is -1.05. The van der Waals surface area contributed by atoms with Crippen LogP contribution in [0.1, 0.15) is 15.2 Å². The molecular weight excluding hydrogens is 352 g/mol. The van der Waals surface area contributed by atoms with Crippen molar-refractivity contribution in [1.82, 2.24) is 4.98 Å². The van der Waals surface area contributed by atoms with Gasteiger partial charge in [0.05, 0.1) is 0 Å². The third-order valence-electron chi connectivity index (χ3n) is 2.40. The first-order chi connectivity index (χ1) is 8.97. The Kier molecular flexibility index (Phi) is 4.44. The predicted molar refractivity (Wildman–Crippen MR) is 80.3 cm³/mol. The van der Waals surface area contributed by atoms with Crippen LogP contribution in [0.2, 0.25) is 5.15 Å². The molecule has 0 unspecified atom stereocenters. The summed E-state index contributed by atoms with van der Waals surface area (Å²) in [4.78, 5) is 16.9. The molecule has 1 heterocycles. The highest BCUT2D eigenvalue weighted by atomic mass is 79.9. The van der Waals surface area contributed by atoms with Crippen LogP contribution in [0, 0.1) is 0 Å². The molecule has 4 nitrogen and oxygen atoms in total. The Morgan fingerprint density at radius 1 is 1.58 bits per heavy atom. The Bertz CT molecular complexity index is 618. The number of rotatable bonds is 4. The van der Waals surface area contributed by atoms with Crippen LogP contribution in [0.25, 0.3) is 0 Å². The number of benzene rings is 1. The van der Waals surface area contributed by atoms with E-state index in [1.165, 1.54) is 0 Å². The lowest BCUT2D eigenvalue weighted by molar-refractivity contribution is 0.0702. The van der Waals surface area contributed by atoms with Crippen molar-refractivity contribution in [2.45, 2.75) is 6.54 Å². The average molecular weight is 362 g/mol. The zero-order chi connectivity index (χ0) is 14.0. The van der Waals surface area contributed by atoms with Crippen molar-refractivity contribution in [2.75, 3.05) is 11.9 Å². The molecule has 0 aliphatic rings. The lowest BCUT2D eigenvalue weighted by Gasteiger charge is -2.15. The van der Waals surface area contributed by atoms with Crippen LogP contribution in [0.4, 0.5) is 5.13 Å². The summed E-state index contributed by atoms with van der Waals surface area (Å²) in [6.07, 6.45) is 0. The van der Waals surface area contributed by atoms with E-state index in [0.717, 1.165) is 21.4 Å². The van der Waals surface area contributed by atoms with Gasteiger partial charge in [0, 0.05) is 18.1 Å². The van der Waals surface area contributed by atoms with Gasteiger partial charge in [-0.3, -0.25) is 0 Å². The van der Waals surface area contributed by atoms with Crippen molar-refractivity contribution in [3.63, 3.8) is 0 Å². The van der Waals surface area contributed by atoms with Crippen molar-refractivity contribution in [2.24, 2.45) is 0 Å². The van der Waals surface area contributed by atoms with Gasteiger partial charge in [0.25, 0.3) is 0 Å². The maximum Gasteiger partial charge on any atom is 0.349 e. The molecule has 1 aromatic carbocycles. The zero-order valence-electron chi connectivity index (χ0n) is 9.93. The third-order valence-corrected chi connectivity index (χ3v) is 4.44. The monoisotopic (exact) mass is 360 g/mol. The number of anilines is 1. The highest BCUT2D eigenvalue weighted by Crippen LogP contribution is 2.29. The first kappa shape index (κ1) is 14.3. The van der Waals surface area contributed by atoms with E-state index in [2.05, 4.69) is 20.9 Å². The Morgan fingerprint density at radius 2 is 2.32 bits per heavy atom. The molecule has 7 heteroatoms. The molecule has 0 saturated heterocycles. The van der Waals surface area contributed by atoms with Gasteiger partial charge in [-0.15, -0.1) is 0 Å². The molecule has 2 aromatic rings. The maximum absolute atomic E-state index is 10.9. The normalized spacial score (nSPS) is 10.5. The summed E-state index contributed by atoms with van der Waals surface area (Å²) in [5.41, 5.74) is 1.10. The number of aromatic nitrogens is 1. The fourth-order valence-electron chi connectivity index (χ4n) is 1.56. The maximum atomic E-state index is 10.9. The van der Waals surface area contributed by atoms with E-state index in [4.69, 9.17) is 16.7 Å². The summed E-state index contributed by atoms with van der Waals surface area (Å²) in [5.74, 6) is -1.05. The number of carboxylic acid groups (broad SMARTS) is 1. The fourth-order valence-corrected chi connectivity index (χ4v) is 3.09. The molecule has 0 saturated carbocycles. The minimum absolute atomic E-state index is 0.0357. The van der Waals surface area contributed by atoms with E-state index >= 15 is 0 Å². The number of aromatic carboxylic acids is 1. The van der Waals surface area contributed by atoms with Gasteiger partial charge < -0.3 is 10.0 Å². The van der Waals surface area contributed by atoms with E-state index in [1.807, 2.05) is 36.2 Å². The summed E-state index contributed by atoms with van der Waals surface area (Å²) in [5, 5.41) is 9.57. The van der Waals surface area contributed by atoms with E-state index in [9.17, 15) is 4.79 Å². The van der Waals surface area contributed by atoms with Crippen LogP contribution in [0.15, 0.2) is 28.7 Å². The van der Waals surface area contributed by atoms with Crippen LogP contribution < -0.4 is 4.90 Å². The quantitative estimate of drug-likeness (QED) is 0.897. The van der Waals surface area contributed by atoms with Crippen LogP contribution in [0.5, 0.6) is 0 Å². The second-order valence-corrected chi connectivity index (χ2v) is 6.16. The van der Waals surface area contributed by atoms with Crippen molar-refractivity contribution in [1.29, 1.82) is 0 Å². The van der Waals surface area contributed by atoms with Crippen molar-refractivity contribution < 1.29 is 9.90 Å². The third kappa shape index (κ3) is 3.46. The average Bonchev–Trinajstić information content (AvgIpc) is 2.71. The van der Waals surface area contributed by atoms with Crippen LogP contribution in [-0.4, -0.2) is 23.1 Å². The van der Waals surface area contributed by atoms with E-state index in [-0.39, 0.29) is 10.0 Å². The molecule has 0 spiro atoms. The molecule has 0 fully saturated rings. The number of carbonyl (C=O) groups is 1. The van der Waals surface area contributed by atoms with Crippen LogP contribution >= 0.6 is 38.9 Å². The molecule has 0 aliphatic carbocycles. The van der Waals surface area contributed by atoms with E-state index in [0.29, 0.717) is 11.7 Å². The van der Waals surface area contributed by atoms with Gasteiger partial charge in [0.15, 0.2) is 15.2 Å². The van der Waals surface area contributed by atoms with Crippen LogP contribution in [0.3, 0.4) is 0 Å². The SMILES string of the molecule is CN(Cc1cccc(Br)c1)c1nc(Cl)c(C(=O)O)s1. The number of nitrogens with zero attached hydrogens (tertiary/aromatic N) is 2. The van der Waals surface area contributed by atoms with Gasteiger partial charge >= 0.3 is 5.97 Å². The minimum Gasteiger partial charge on any atom is -0.477 e. The summed E-state index contributed by atoms with van der Waals surface area (Å²) in [6.45, 7) is 0.627. The van der Waals surface area contributed by atoms with Gasteiger partial charge in [0.1, 0.15) is 0 Å². The molecular formula is C12H10BrClN2O2S. The number of hydrogen-bond acceptors (Lipinski definition) is 4. The van der Waals surface area contributed by atoms with Gasteiger partial charge in [-0.25, -0.2) is 9.78 Å². The lowest BCUT2D eigenvalue weighted by atomic mass is 10.2. The smallest absolute Gasteiger partial charge is 0.349 e. The Hall–Kier alpha value is -1.11. The topological polar surface area (TPSA) is 53.4 Å². The number of carboxylic acids is 1. The number of halogens is 2.